The molecule has 0 unspecified atom stereocenters. The first kappa shape index (κ1) is 13.7. The number of nitrogens with one attached hydrogen (secondary N) is 1. The Bertz CT molecular complexity index is 435. The molecule has 1 aliphatic rings. The highest BCUT2D eigenvalue weighted by atomic mass is 79.9. The van der Waals surface area contributed by atoms with Crippen LogP contribution in [0.4, 0.5) is 5.82 Å². The molecule has 0 spiro atoms. The Hall–Kier alpha value is -0.750. The van der Waals surface area contributed by atoms with E-state index in [9.17, 15) is 4.79 Å². The van der Waals surface area contributed by atoms with Crippen LogP contribution < -0.4 is 5.32 Å². The fourth-order valence-electron chi connectivity index (χ4n) is 1.85. The average Bonchev–Trinajstić information content (AvgIpc) is 2.41. The van der Waals surface area contributed by atoms with Crippen molar-refractivity contribution in [3.8, 4) is 0 Å². The molecule has 1 aromatic rings. The summed E-state index contributed by atoms with van der Waals surface area (Å²) in [7, 11) is 0. The van der Waals surface area contributed by atoms with Crippen molar-refractivity contribution < 1.29 is 4.79 Å². The van der Waals surface area contributed by atoms with Gasteiger partial charge in [0.25, 0.3) is 5.91 Å². The number of nitrogens with zero attached hydrogens (tertiary/aromatic N) is 2. The second kappa shape index (κ2) is 6.43. The van der Waals surface area contributed by atoms with Gasteiger partial charge in [0.15, 0.2) is 0 Å². The Morgan fingerprint density at radius 2 is 2.28 bits per heavy atom. The third-order valence-corrected chi connectivity index (χ3v) is 4.10. The van der Waals surface area contributed by atoms with Crippen molar-refractivity contribution in [1.29, 1.82) is 0 Å². The van der Waals surface area contributed by atoms with Crippen LogP contribution >= 0.6 is 27.7 Å². The molecule has 0 atom stereocenters. The van der Waals surface area contributed by atoms with E-state index < -0.39 is 0 Å². The van der Waals surface area contributed by atoms with Crippen molar-refractivity contribution in [2.75, 3.05) is 36.5 Å². The quantitative estimate of drug-likeness (QED) is 0.925. The normalized spacial score (nSPS) is 15.6. The van der Waals surface area contributed by atoms with Crippen LogP contribution in [0.1, 0.15) is 17.3 Å². The van der Waals surface area contributed by atoms with Crippen molar-refractivity contribution in [2.24, 2.45) is 0 Å². The van der Waals surface area contributed by atoms with E-state index in [0.29, 0.717) is 11.4 Å². The van der Waals surface area contributed by atoms with Crippen LogP contribution in [0.15, 0.2) is 16.7 Å². The molecule has 0 saturated carbocycles. The van der Waals surface area contributed by atoms with Crippen LogP contribution in [0.5, 0.6) is 0 Å². The van der Waals surface area contributed by atoms with E-state index in [1.807, 2.05) is 29.7 Å². The Labute approximate surface area is 120 Å². The van der Waals surface area contributed by atoms with Crippen molar-refractivity contribution >= 4 is 39.4 Å². The van der Waals surface area contributed by atoms with Crippen LogP contribution in [0, 0.1) is 0 Å². The van der Waals surface area contributed by atoms with Crippen LogP contribution in [0.25, 0.3) is 0 Å². The Kier molecular flexibility index (Phi) is 4.88. The predicted octanol–water partition coefficient (Wildman–Crippen LogP) is 2.46. The molecule has 18 heavy (non-hydrogen) atoms. The molecular formula is C12H16BrN3OS. The van der Waals surface area contributed by atoms with Gasteiger partial charge in [-0.3, -0.25) is 4.79 Å². The number of carbonyl (C=O) groups is 1. The van der Waals surface area contributed by atoms with E-state index in [4.69, 9.17) is 0 Å². The van der Waals surface area contributed by atoms with Crippen LogP contribution in [-0.4, -0.2) is 46.9 Å². The molecule has 1 N–H and O–H groups in total. The molecule has 0 bridgehead atoms. The minimum Gasteiger partial charge on any atom is -0.370 e. The molecule has 0 radical (unpaired) electrons. The molecule has 1 aliphatic heterocycles. The smallest absolute Gasteiger partial charge is 0.257 e. The maximum absolute atomic E-state index is 12.5. The number of amides is 1. The largest absolute Gasteiger partial charge is 0.370 e. The molecule has 1 aromatic heterocycles. The lowest BCUT2D eigenvalue weighted by molar-refractivity contribution is 0.0773. The van der Waals surface area contributed by atoms with E-state index in [-0.39, 0.29) is 5.91 Å². The molecule has 98 valence electrons. The monoisotopic (exact) mass is 329 g/mol. The average molecular weight is 330 g/mol. The second-order valence-electron chi connectivity index (χ2n) is 3.98. The van der Waals surface area contributed by atoms with Crippen molar-refractivity contribution in [1.82, 2.24) is 9.88 Å². The maximum atomic E-state index is 12.5. The molecule has 6 heteroatoms. The third kappa shape index (κ3) is 3.17. The van der Waals surface area contributed by atoms with Crippen molar-refractivity contribution in [2.45, 2.75) is 6.92 Å². The number of halogens is 1. The number of thioether (sulfide) groups is 1. The van der Waals surface area contributed by atoms with E-state index in [0.717, 1.165) is 35.6 Å². The minimum atomic E-state index is 0.0695. The third-order valence-electron chi connectivity index (χ3n) is 2.73. The first-order valence-corrected chi connectivity index (χ1v) is 7.93. The molecule has 2 heterocycles. The lowest BCUT2D eigenvalue weighted by atomic mass is 10.2. The summed E-state index contributed by atoms with van der Waals surface area (Å²) in [6.07, 6.45) is 1.71. The number of hydrogen-bond donors (Lipinski definition) is 1. The second-order valence-corrected chi connectivity index (χ2v) is 6.13. The SMILES string of the molecule is CCNc1ncc(Br)cc1C(=O)N1CCSCC1. The zero-order valence-electron chi connectivity index (χ0n) is 10.3. The summed E-state index contributed by atoms with van der Waals surface area (Å²) >= 11 is 5.27. The summed E-state index contributed by atoms with van der Waals surface area (Å²) in [5.74, 6) is 2.77. The Morgan fingerprint density at radius 3 is 2.94 bits per heavy atom. The minimum absolute atomic E-state index is 0.0695. The molecule has 0 aliphatic carbocycles. The number of anilines is 1. The highest BCUT2D eigenvalue weighted by Gasteiger charge is 2.21. The first-order valence-electron chi connectivity index (χ1n) is 5.99. The zero-order valence-corrected chi connectivity index (χ0v) is 12.7. The lowest BCUT2D eigenvalue weighted by Gasteiger charge is -2.27. The van der Waals surface area contributed by atoms with E-state index in [1.165, 1.54) is 0 Å². The molecule has 4 nitrogen and oxygen atoms in total. The summed E-state index contributed by atoms with van der Waals surface area (Å²) in [6.45, 7) is 4.39. The predicted molar refractivity (Wildman–Crippen MR) is 79.3 cm³/mol. The van der Waals surface area contributed by atoms with Crippen LogP contribution in [-0.2, 0) is 0 Å². The topological polar surface area (TPSA) is 45.2 Å². The van der Waals surface area contributed by atoms with Crippen molar-refractivity contribution in [3.63, 3.8) is 0 Å². The van der Waals surface area contributed by atoms with Crippen LogP contribution in [0.3, 0.4) is 0 Å². The fraction of sp³-hybridized carbons (Fsp3) is 0.500. The summed E-state index contributed by atoms with van der Waals surface area (Å²) in [6, 6.07) is 1.84. The number of rotatable bonds is 3. The van der Waals surface area contributed by atoms with Gasteiger partial charge in [0.05, 0.1) is 5.56 Å². The van der Waals surface area contributed by atoms with Gasteiger partial charge in [0.1, 0.15) is 5.82 Å². The van der Waals surface area contributed by atoms with E-state index in [2.05, 4.69) is 26.2 Å². The fourth-order valence-corrected chi connectivity index (χ4v) is 3.08. The summed E-state index contributed by atoms with van der Waals surface area (Å²) < 4.78 is 0.832. The summed E-state index contributed by atoms with van der Waals surface area (Å²) in [5, 5.41) is 3.14. The molecule has 1 fully saturated rings. The van der Waals surface area contributed by atoms with Gasteiger partial charge < -0.3 is 10.2 Å². The first-order chi connectivity index (χ1) is 8.72. The van der Waals surface area contributed by atoms with Gasteiger partial charge >= 0.3 is 0 Å². The van der Waals surface area contributed by atoms with Gasteiger partial charge in [0.2, 0.25) is 0 Å². The van der Waals surface area contributed by atoms with Gasteiger partial charge in [-0.2, -0.15) is 11.8 Å². The molecule has 1 saturated heterocycles. The maximum Gasteiger partial charge on any atom is 0.257 e. The highest BCUT2D eigenvalue weighted by Crippen LogP contribution is 2.21. The van der Waals surface area contributed by atoms with Gasteiger partial charge in [-0.1, -0.05) is 0 Å². The lowest BCUT2D eigenvalue weighted by Crippen LogP contribution is -2.38. The van der Waals surface area contributed by atoms with E-state index in [1.54, 1.807) is 6.20 Å². The zero-order chi connectivity index (χ0) is 13.0. The van der Waals surface area contributed by atoms with Gasteiger partial charge in [-0.15, -0.1) is 0 Å². The van der Waals surface area contributed by atoms with E-state index >= 15 is 0 Å². The highest BCUT2D eigenvalue weighted by molar-refractivity contribution is 9.10. The molecule has 0 aromatic carbocycles. The molecular weight excluding hydrogens is 314 g/mol. The number of pyridine rings is 1. The van der Waals surface area contributed by atoms with Gasteiger partial charge in [-0.25, -0.2) is 4.98 Å². The standard InChI is InChI=1S/C12H16BrN3OS/c1-2-14-11-10(7-9(13)8-15-11)12(17)16-3-5-18-6-4-16/h7-8H,2-6H2,1H3,(H,14,15). The number of carbonyl (C=O) groups excluding carboxylic acids is 1. The molecule has 2 rings (SSSR count). The Balaban J connectivity index is 2.24. The summed E-state index contributed by atoms with van der Waals surface area (Å²) in [4.78, 5) is 18.6. The Morgan fingerprint density at radius 1 is 1.56 bits per heavy atom. The van der Waals surface area contributed by atoms with Gasteiger partial charge in [0, 0.05) is 41.8 Å². The number of hydrogen-bond acceptors (Lipinski definition) is 4. The number of aromatic nitrogens is 1. The van der Waals surface area contributed by atoms with Crippen molar-refractivity contribution in [3.05, 3.63) is 22.3 Å². The van der Waals surface area contributed by atoms with Crippen LogP contribution in [0.2, 0.25) is 0 Å². The molecule has 1 amide bonds. The van der Waals surface area contributed by atoms with Gasteiger partial charge in [-0.05, 0) is 28.9 Å². The summed E-state index contributed by atoms with van der Waals surface area (Å²) in [5.41, 5.74) is 0.651.